The van der Waals surface area contributed by atoms with Gasteiger partial charge in [-0.05, 0) is 23.8 Å². The van der Waals surface area contributed by atoms with Crippen LogP contribution >= 0.6 is 0 Å². The lowest BCUT2D eigenvalue weighted by Gasteiger charge is -2.06. The van der Waals surface area contributed by atoms with E-state index in [1.807, 2.05) is 18.2 Å². The molecule has 100 valence electrons. The maximum absolute atomic E-state index is 4.44. The van der Waals surface area contributed by atoms with Gasteiger partial charge in [-0.2, -0.15) is 20.1 Å². The highest BCUT2D eigenvalue weighted by molar-refractivity contribution is 5.29. The summed E-state index contributed by atoms with van der Waals surface area (Å²) in [6, 6.07) is 5.71. The summed E-state index contributed by atoms with van der Waals surface area (Å²) < 4.78 is 1.61. The number of hydrogen-bond donors (Lipinski definition) is 1. The Morgan fingerprint density at radius 3 is 2.65 bits per heavy atom. The molecule has 0 aliphatic heterocycles. The lowest BCUT2D eigenvalue weighted by Crippen LogP contribution is -2.10. The Hall–Kier alpha value is -2.83. The molecule has 0 unspecified atom stereocenters. The van der Waals surface area contributed by atoms with Crippen LogP contribution in [0, 0.1) is 0 Å². The Kier molecular flexibility index (Phi) is 3.32. The van der Waals surface area contributed by atoms with E-state index in [4.69, 9.17) is 0 Å². The van der Waals surface area contributed by atoms with E-state index in [9.17, 15) is 0 Å². The van der Waals surface area contributed by atoms with E-state index >= 15 is 0 Å². The zero-order chi connectivity index (χ0) is 13.8. The van der Waals surface area contributed by atoms with E-state index in [1.165, 1.54) is 0 Å². The molecule has 1 N–H and O–H groups in total. The molecule has 3 heterocycles. The minimum Gasteiger partial charge on any atom is -0.357 e. The molecule has 0 bridgehead atoms. The Morgan fingerprint density at radius 2 is 1.95 bits per heavy atom. The highest BCUT2D eigenvalue weighted by Gasteiger charge is 2.08. The van der Waals surface area contributed by atoms with Crippen molar-refractivity contribution in [2.45, 2.75) is 6.42 Å². The third kappa shape index (κ3) is 2.61. The molecule has 0 saturated heterocycles. The SMILES string of the molecule is CNc1nc(Cc2ccncc2)nc(-n2cccn2)n1. The van der Waals surface area contributed by atoms with Crippen LogP contribution in [0.2, 0.25) is 0 Å². The molecular weight excluding hydrogens is 254 g/mol. The van der Waals surface area contributed by atoms with Crippen LogP contribution in [0.25, 0.3) is 5.95 Å². The summed E-state index contributed by atoms with van der Waals surface area (Å²) in [6.45, 7) is 0. The number of nitrogens with one attached hydrogen (secondary N) is 1. The molecule has 0 radical (unpaired) electrons. The maximum atomic E-state index is 4.44. The van der Waals surface area contributed by atoms with Gasteiger partial charge in [-0.25, -0.2) is 4.68 Å². The van der Waals surface area contributed by atoms with Crippen molar-refractivity contribution in [2.75, 3.05) is 12.4 Å². The normalized spacial score (nSPS) is 10.4. The fraction of sp³-hybridized carbons (Fsp3) is 0.154. The molecule has 7 nitrogen and oxygen atoms in total. The third-order valence-electron chi connectivity index (χ3n) is 2.71. The van der Waals surface area contributed by atoms with Crippen molar-refractivity contribution in [3.63, 3.8) is 0 Å². The topological polar surface area (TPSA) is 81.4 Å². The van der Waals surface area contributed by atoms with Gasteiger partial charge in [0.2, 0.25) is 5.95 Å². The lowest BCUT2D eigenvalue weighted by molar-refractivity contribution is 0.775. The van der Waals surface area contributed by atoms with Crippen molar-refractivity contribution in [3.05, 3.63) is 54.4 Å². The van der Waals surface area contributed by atoms with Gasteiger partial charge in [0.25, 0.3) is 5.95 Å². The van der Waals surface area contributed by atoms with Crippen LogP contribution in [0.5, 0.6) is 0 Å². The summed E-state index contributed by atoms with van der Waals surface area (Å²) in [7, 11) is 1.78. The first-order valence-corrected chi connectivity index (χ1v) is 6.17. The van der Waals surface area contributed by atoms with Crippen molar-refractivity contribution < 1.29 is 0 Å². The first-order valence-electron chi connectivity index (χ1n) is 6.17. The molecule has 0 fully saturated rings. The molecule has 0 spiro atoms. The molecule has 0 aliphatic rings. The molecule has 20 heavy (non-hydrogen) atoms. The monoisotopic (exact) mass is 267 g/mol. The molecule has 7 heteroatoms. The van der Waals surface area contributed by atoms with E-state index in [-0.39, 0.29) is 0 Å². The van der Waals surface area contributed by atoms with Gasteiger partial charge in [-0.3, -0.25) is 4.98 Å². The summed E-state index contributed by atoms with van der Waals surface area (Å²) in [5, 5.41) is 7.08. The van der Waals surface area contributed by atoms with Crippen molar-refractivity contribution in [3.8, 4) is 5.95 Å². The Labute approximate surface area is 115 Å². The van der Waals surface area contributed by atoms with E-state index in [1.54, 1.807) is 36.5 Å². The highest BCUT2D eigenvalue weighted by Crippen LogP contribution is 2.09. The number of hydrogen-bond acceptors (Lipinski definition) is 6. The first-order chi connectivity index (χ1) is 9.85. The Bertz CT molecular complexity index is 679. The predicted molar refractivity (Wildman–Crippen MR) is 73.5 cm³/mol. The van der Waals surface area contributed by atoms with Crippen LogP contribution in [-0.2, 0) is 6.42 Å². The van der Waals surface area contributed by atoms with Crippen LogP contribution in [0.15, 0.2) is 43.0 Å². The van der Waals surface area contributed by atoms with Crippen LogP contribution in [0.3, 0.4) is 0 Å². The largest absolute Gasteiger partial charge is 0.357 e. The van der Waals surface area contributed by atoms with Crippen molar-refractivity contribution in [2.24, 2.45) is 0 Å². The summed E-state index contributed by atoms with van der Waals surface area (Å²) in [5.41, 5.74) is 1.10. The van der Waals surface area contributed by atoms with Crippen LogP contribution < -0.4 is 5.32 Å². The number of aromatic nitrogens is 6. The van der Waals surface area contributed by atoms with E-state index in [0.717, 1.165) is 5.56 Å². The zero-order valence-electron chi connectivity index (χ0n) is 10.9. The summed E-state index contributed by atoms with van der Waals surface area (Å²) in [4.78, 5) is 17.1. The Morgan fingerprint density at radius 1 is 1.10 bits per heavy atom. The smallest absolute Gasteiger partial charge is 0.255 e. The highest BCUT2D eigenvalue weighted by atomic mass is 15.4. The zero-order valence-corrected chi connectivity index (χ0v) is 10.9. The minimum absolute atomic E-state index is 0.499. The number of anilines is 1. The molecule has 0 aliphatic carbocycles. The molecule has 3 rings (SSSR count). The van der Waals surface area contributed by atoms with Crippen LogP contribution in [0.4, 0.5) is 5.95 Å². The average Bonchev–Trinajstić information content (AvgIpc) is 3.02. The van der Waals surface area contributed by atoms with Gasteiger partial charge in [0.05, 0.1) is 0 Å². The lowest BCUT2D eigenvalue weighted by atomic mass is 10.2. The fourth-order valence-electron chi connectivity index (χ4n) is 1.77. The second kappa shape index (κ2) is 5.43. The maximum Gasteiger partial charge on any atom is 0.255 e. The second-order valence-corrected chi connectivity index (χ2v) is 4.11. The van der Waals surface area contributed by atoms with E-state index < -0.39 is 0 Å². The molecule has 3 aromatic rings. The van der Waals surface area contributed by atoms with Gasteiger partial charge in [0.15, 0.2) is 0 Å². The molecule has 0 atom stereocenters. The van der Waals surface area contributed by atoms with Gasteiger partial charge in [-0.15, -0.1) is 0 Å². The first kappa shape index (κ1) is 12.2. The molecular formula is C13H13N7. The van der Waals surface area contributed by atoms with Gasteiger partial charge < -0.3 is 5.32 Å². The van der Waals surface area contributed by atoms with Crippen LogP contribution in [-0.4, -0.2) is 36.8 Å². The third-order valence-corrected chi connectivity index (χ3v) is 2.71. The number of rotatable bonds is 4. The van der Waals surface area contributed by atoms with Gasteiger partial charge in [0.1, 0.15) is 5.82 Å². The number of nitrogens with zero attached hydrogens (tertiary/aromatic N) is 6. The van der Waals surface area contributed by atoms with Crippen molar-refractivity contribution in [1.29, 1.82) is 0 Å². The molecule has 0 saturated carbocycles. The second-order valence-electron chi connectivity index (χ2n) is 4.11. The molecule has 3 aromatic heterocycles. The quantitative estimate of drug-likeness (QED) is 0.762. The van der Waals surface area contributed by atoms with Gasteiger partial charge >= 0.3 is 0 Å². The fourth-order valence-corrected chi connectivity index (χ4v) is 1.77. The summed E-state index contributed by atoms with van der Waals surface area (Å²) >= 11 is 0. The number of pyridine rings is 1. The summed E-state index contributed by atoms with van der Waals surface area (Å²) in [6.07, 6.45) is 7.61. The molecule has 0 aromatic carbocycles. The van der Waals surface area contributed by atoms with Crippen LogP contribution in [0.1, 0.15) is 11.4 Å². The Balaban J connectivity index is 1.96. The standard InChI is InChI=1S/C13H13N7/c1-14-12-17-11(9-10-3-6-15-7-4-10)18-13(19-12)20-8-2-5-16-20/h2-8H,9H2,1H3,(H,14,17,18,19). The molecule has 0 amide bonds. The van der Waals surface area contributed by atoms with Gasteiger partial charge in [0, 0.05) is 38.3 Å². The van der Waals surface area contributed by atoms with Crippen molar-refractivity contribution >= 4 is 5.95 Å². The van der Waals surface area contributed by atoms with E-state index in [2.05, 4.69) is 30.4 Å². The average molecular weight is 267 g/mol. The van der Waals surface area contributed by atoms with E-state index in [0.29, 0.717) is 24.1 Å². The minimum atomic E-state index is 0.499. The van der Waals surface area contributed by atoms with Gasteiger partial charge in [-0.1, -0.05) is 0 Å². The summed E-state index contributed by atoms with van der Waals surface area (Å²) in [5.74, 6) is 1.70. The predicted octanol–water partition coefficient (Wildman–Crippen LogP) is 1.08. The van der Waals surface area contributed by atoms with Crippen molar-refractivity contribution in [1.82, 2.24) is 29.7 Å².